The maximum atomic E-state index is 11.2. The van der Waals surface area contributed by atoms with Crippen molar-refractivity contribution in [2.75, 3.05) is 17.3 Å². The molecule has 0 saturated carbocycles. The Morgan fingerprint density at radius 1 is 1.60 bits per heavy atom. The molecule has 1 rings (SSSR count). The highest BCUT2D eigenvalue weighted by atomic mass is 32.2. The topological polar surface area (TPSA) is 105 Å². The van der Waals surface area contributed by atoms with Gasteiger partial charge in [0.25, 0.3) is 0 Å². The molecular formula is C7H12N4O3S. The summed E-state index contributed by atoms with van der Waals surface area (Å²) in [5.74, 6) is -0.00801. The Balaban J connectivity index is 2.26. The van der Waals surface area contributed by atoms with Crippen molar-refractivity contribution < 1.29 is 13.2 Å². The third-order valence-corrected chi connectivity index (χ3v) is 2.62. The number of aromatic nitrogens is 3. The molecule has 0 aromatic carbocycles. The number of anilines is 1. The summed E-state index contributed by atoms with van der Waals surface area (Å²) < 4.78 is 21.5. The minimum atomic E-state index is -3.00. The largest absolute Gasteiger partial charge is 0.295 e. The second-order valence-electron chi connectivity index (χ2n) is 3.12. The van der Waals surface area contributed by atoms with Crippen molar-refractivity contribution in [3.63, 3.8) is 0 Å². The molecular weight excluding hydrogens is 220 g/mol. The highest BCUT2D eigenvalue weighted by Gasteiger charge is 2.07. The summed E-state index contributed by atoms with van der Waals surface area (Å²) in [4.78, 5) is 14.9. The number of hydrogen-bond acceptors (Lipinski definition) is 5. The van der Waals surface area contributed by atoms with Crippen LogP contribution in [0.1, 0.15) is 12.8 Å². The number of nitrogens with zero attached hydrogens (tertiary/aromatic N) is 2. The first kappa shape index (κ1) is 11.6. The molecule has 0 radical (unpaired) electrons. The first-order valence-corrected chi connectivity index (χ1v) is 6.36. The fourth-order valence-electron chi connectivity index (χ4n) is 0.955. The van der Waals surface area contributed by atoms with Gasteiger partial charge in [0.1, 0.15) is 16.2 Å². The molecule has 15 heavy (non-hydrogen) atoms. The molecule has 1 aromatic rings. The van der Waals surface area contributed by atoms with Crippen LogP contribution in [-0.2, 0) is 14.6 Å². The van der Waals surface area contributed by atoms with Gasteiger partial charge in [-0.15, -0.1) is 0 Å². The minimum Gasteiger partial charge on any atom is -0.295 e. The van der Waals surface area contributed by atoms with Crippen LogP contribution in [0.3, 0.4) is 0 Å². The Labute approximate surface area is 87.2 Å². The lowest BCUT2D eigenvalue weighted by Gasteiger charge is -2.00. The lowest BCUT2D eigenvalue weighted by molar-refractivity contribution is -0.116. The van der Waals surface area contributed by atoms with Gasteiger partial charge in [0, 0.05) is 12.7 Å². The molecule has 1 heterocycles. The van der Waals surface area contributed by atoms with Gasteiger partial charge >= 0.3 is 0 Å². The van der Waals surface area contributed by atoms with Gasteiger partial charge in [-0.2, -0.15) is 10.1 Å². The van der Waals surface area contributed by atoms with Crippen molar-refractivity contribution in [1.82, 2.24) is 15.2 Å². The molecule has 1 aromatic heterocycles. The lowest BCUT2D eigenvalue weighted by Crippen LogP contribution is -2.14. The minimum absolute atomic E-state index is 0.0107. The number of nitrogens with one attached hydrogen (secondary N) is 2. The molecule has 7 nitrogen and oxygen atoms in total. The van der Waals surface area contributed by atoms with Gasteiger partial charge in [0.05, 0.1) is 5.75 Å². The first-order chi connectivity index (χ1) is 6.97. The van der Waals surface area contributed by atoms with Gasteiger partial charge in [-0.25, -0.2) is 13.5 Å². The van der Waals surface area contributed by atoms with Gasteiger partial charge in [-0.3, -0.25) is 10.1 Å². The average molecular weight is 232 g/mol. The highest BCUT2D eigenvalue weighted by Crippen LogP contribution is 1.98. The normalized spacial score (nSPS) is 11.3. The van der Waals surface area contributed by atoms with Crippen molar-refractivity contribution in [2.45, 2.75) is 12.8 Å². The zero-order valence-electron chi connectivity index (χ0n) is 8.23. The van der Waals surface area contributed by atoms with E-state index >= 15 is 0 Å². The summed E-state index contributed by atoms with van der Waals surface area (Å²) in [7, 11) is -3.00. The van der Waals surface area contributed by atoms with Crippen LogP contribution < -0.4 is 5.32 Å². The Bertz CT molecular complexity index is 411. The van der Waals surface area contributed by atoms with Crippen molar-refractivity contribution >= 4 is 21.7 Å². The SMILES string of the molecule is CS(=O)(=O)CCCC(=O)Nc1ncn[nH]1. The molecule has 0 atom stereocenters. The zero-order valence-corrected chi connectivity index (χ0v) is 9.04. The summed E-state index contributed by atoms with van der Waals surface area (Å²) in [6.45, 7) is 0. The van der Waals surface area contributed by atoms with Crippen molar-refractivity contribution in [2.24, 2.45) is 0 Å². The Hall–Kier alpha value is -1.44. The number of aromatic amines is 1. The van der Waals surface area contributed by atoms with E-state index < -0.39 is 9.84 Å². The van der Waals surface area contributed by atoms with Crippen molar-refractivity contribution in [3.8, 4) is 0 Å². The standard InChI is InChI=1S/C7H12N4O3S/c1-15(13,14)4-2-3-6(12)10-7-8-5-9-11-7/h5H,2-4H2,1H3,(H2,8,9,10,11,12). The number of carbonyl (C=O) groups excluding carboxylic acids is 1. The molecule has 0 aliphatic rings. The van der Waals surface area contributed by atoms with Crippen LogP contribution in [0.5, 0.6) is 0 Å². The summed E-state index contributed by atoms with van der Waals surface area (Å²) in [5.41, 5.74) is 0. The van der Waals surface area contributed by atoms with E-state index in [0.29, 0.717) is 6.42 Å². The molecule has 84 valence electrons. The molecule has 0 unspecified atom stereocenters. The monoisotopic (exact) mass is 232 g/mol. The van der Waals surface area contributed by atoms with Crippen molar-refractivity contribution in [3.05, 3.63) is 6.33 Å². The molecule has 2 N–H and O–H groups in total. The smallest absolute Gasteiger partial charge is 0.226 e. The van der Waals surface area contributed by atoms with E-state index in [4.69, 9.17) is 0 Å². The summed E-state index contributed by atoms with van der Waals surface area (Å²) >= 11 is 0. The predicted molar refractivity (Wildman–Crippen MR) is 54.0 cm³/mol. The molecule has 8 heteroatoms. The number of amides is 1. The van der Waals surface area contributed by atoms with Crippen LogP contribution in [-0.4, -0.2) is 41.5 Å². The van der Waals surface area contributed by atoms with E-state index in [1.54, 1.807) is 0 Å². The van der Waals surface area contributed by atoms with Crippen LogP contribution in [0.4, 0.5) is 5.95 Å². The van der Waals surface area contributed by atoms with Gasteiger partial charge in [0.15, 0.2) is 0 Å². The quantitative estimate of drug-likeness (QED) is 0.716. The first-order valence-electron chi connectivity index (χ1n) is 4.30. The maximum Gasteiger partial charge on any atom is 0.226 e. The summed E-state index contributed by atoms with van der Waals surface area (Å²) in [6, 6.07) is 0. The molecule has 0 aliphatic carbocycles. The Kier molecular flexibility index (Phi) is 3.78. The molecule has 0 bridgehead atoms. The van der Waals surface area contributed by atoms with Gasteiger partial charge < -0.3 is 0 Å². The van der Waals surface area contributed by atoms with E-state index in [1.807, 2.05) is 0 Å². The lowest BCUT2D eigenvalue weighted by atomic mass is 10.3. The Morgan fingerprint density at radius 2 is 2.33 bits per heavy atom. The highest BCUT2D eigenvalue weighted by molar-refractivity contribution is 7.90. The second kappa shape index (κ2) is 4.87. The molecule has 0 saturated heterocycles. The molecule has 0 aliphatic heterocycles. The van der Waals surface area contributed by atoms with Gasteiger partial charge in [-0.05, 0) is 6.42 Å². The van der Waals surface area contributed by atoms with Crippen LogP contribution in [0.25, 0.3) is 0 Å². The summed E-state index contributed by atoms with van der Waals surface area (Å²) in [6.07, 6.45) is 2.86. The van der Waals surface area contributed by atoms with Crippen molar-refractivity contribution in [1.29, 1.82) is 0 Å². The van der Waals surface area contributed by atoms with E-state index in [1.165, 1.54) is 6.33 Å². The van der Waals surface area contributed by atoms with Gasteiger partial charge in [0.2, 0.25) is 11.9 Å². The fraction of sp³-hybridized carbons (Fsp3) is 0.571. The van der Waals surface area contributed by atoms with E-state index in [2.05, 4.69) is 20.5 Å². The third kappa shape index (κ3) is 5.11. The summed E-state index contributed by atoms with van der Waals surface area (Å²) in [5, 5.41) is 8.46. The van der Waals surface area contributed by atoms with Gasteiger partial charge in [-0.1, -0.05) is 0 Å². The molecule has 0 spiro atoms. The van der Waals surface area contributed by atoms with E-state index in [0.717, 1.165) is 6.26 Å². The van der Waals surface area contributed by atoms with Crippen LogP contribution in [0.15, 0.2) is 6.33 Å². The maximum absolute atomic E-state index is 11.2. The average Bonchev–Trinajstić information content (AvgIpc) is 2.54. The van der Waals surface area contributed by atoms with E-state index in [-0.39, 0.29) is 24.0 Å². The van der Waals surface area contributed by atoms with Crippen LogP contribution in [0.2, 0.25) is 0 Å². The zero-order chi connectivity index (χ0) is 11.3. The number of sulfone groups is 1. The second-order valence-corrected chi connectivity index (χ2v) is 5.38. The molecule has 1 amide bonds. The number of carbonyl (C=O) groups is 1. The number of H-pyrrole nitrogens is 1. The third-order valence-electron chi connectivity index (χ3n) is 1.59. The number of rotatable bonds is 5. The van der Waals surface area contributed by atoms with E-state index in [9.17, 15) is 13.2 Å². The number of hydrogen-bond donors (Lipinski definition) is 2. The van der Waals surface area contributed by atoms with Crippen LogP contribution >= 0.6 is 0 Å². The predicted octanol–water partition coefficient (Wildman–Crippen LogP) is -0.432. The Morgan fingerprint density at radius 3 is 2.87 bits per heavy atom. The van der Waals surface area contributed by atoms with Crippen LogP contribution in [0, 0.1) is 0 Å². The fourth-order valence-corrected chi connectivity index (χ4v) is 1.62. The molecule has 0 fully saturated rings.